The van der Waals surface area contributed by atoms with Crippen molar-refractivity contribution in [2.75, 3.05) is 20.1 Å². The van der Waals surface area contributed by atoms with Gasteiger partial charge in [0.2, 0.25) is 5.91 Å². The van der Waals surface area contributed by atoms with Crippen LogP contribution in [0.3, 0.4) is 0 Å². The second-order valence-electron chi connectivity index (χ2n) is 5.99. The van der Waals surface area contributed by atoms with E-state index in [1.165, 1.54) is 0 Å². The van der Waals surface area contributed by atoms with Gasteiger partial charge in [0.25, 0.3) is 0 Å². The molecule has 5 heteroatoms. The minimum atomic E-state index is -0.454. The molecule has 1 aliphatic rings. The molecule has 0 bridgehead atoms. The van der Waals surface area contributed by atoms with Gasteiger partial charge in [0.1, 0.15) is 0 Å². The molecule has 1 aliphatic heterocycles. The fourth-order valence-electron chi connectivity index (χ4n) is 2.02. The Morgan fingerprint density at radius 2 is 1.88 bits per heavy atom. The van der Waals surface area contributed by atoms with Crippen molar-refractivity contribution in [1.29, 1.82) is 0 Å². The Bertz CT molecular complexity index is 322. The van der Waals surface area contributed by atoms with E-state index >= 15 is 0 Å². The van der Waals surface area contributed by atoms with Crippen LogP contribution in [0.4, 0.5) is 4.79 Å². The number of urea groups is 1. The molecule has 5 nitrogen and oxygen atoms in total. The topological polar surface area (TPSA) is 61.4 Å². The van der Waals surface area contributed by atoms with Gasteiger partial charge < -0.3 is 15.5 Å². The van der Waals surface area contributed by atoms with Gasteiger partial charge in [-0.05, 0) is 34.1 Å². The lowest BCUT2D eigenvalue weighted by atomic mass is 9.89. The summed E-state index contributed by atoms with van der Waals surface area (Å²) in [5.74, 6) is 0.00330. The minimum absolute atomic E-state index is 0.00330. The van der Waals surface area contributed by atoms with E-state index in [0.29, 0.717) is 19.5 Å². The first-order valence-electron chi connectivity index (χ1n) is 5.97. The number of amides is 3. The molecular formula is C12H23N3O2. The van der Waals surface area contributed by atoms with E-state index in [9.17, 15) is 9.59 Å². The summed E-state index contributed by atoms with van der Waals surface area (Å²) in [6.45, 7) is 8.84. The van der Waals surface area contributed by atoms with E-state index < -0.39 is 5.41 Å². The van der Waals surface area contributed by atoms with Crippen LogP contribution in [-0.4, -0.2) is 42.5 Å². The van der Waals surface area contributed by atoms with Crippen LogP contribution < -0.4 is 10.6 Å². The number of likely N-dealkylation sites (tertiary alicyclic amines) is 1. The highest BCUT2D eigenvalue weighted by Crippen LogP contribution is 2.30. The Morgan fingerprint density at radius 3 is 2.35 bits per heavy atom. The van der Waals surface area contributed by atoms with Crippen molar-refractivity contribution in [2.45, 2.75) is 39.7 Å². The maximum atomic E-state index is 11.9. The fraction of sp³-hybridized carbons (Fsp3) is 0.833. The number of rotatable bonds is 1. The van der Waals surface area contributed by atoms with Crippen LogP contribution in [0.1, 0.15) is 34.1 Å². The monoisotopic (exact) mass is 241 g/mol. The third-order valence-electron chi connectivity index (χ3n) is 3.02. The van der Waals surface area contributed by atoms with Crippen LogP contribution in [0.5, 0.6) is 0 Å². The Hall–Kier alpha value is -1.26. The predicted molar refractivity (Wildman–Crippen MR) is 66.6 cm³/mol. The molecule has 1 unspecified atom stereocenters. The van der Waals surface area contributed by atoms with E-state index in [1.54, 1.807) is 11.9 Å². The van der Waals surface area contributed by atoms with Crippen molar-refractivity contribution in [3.8, 4) is 0 Å². The van der Waals surface area contributed by atoms with Crippen LogP contribution in [0, 0.1) is 5.41 Å². The van der Waals surface area contributed by atoms with Crippen molar-refractivity contribution >= 4 is 11.9 Å². The summed E-state index contributed by atoms with van der Waals surface area (Å²) in [6, 6.07) is -0.0925. The van der Waals surface area contributed by atoms with Crippen LogP contribution >= 0.6 is 0 Å². The van der Waals surface area contributed by atoms with Gasteiger partial charge in [-0.1, -0.05) is 0 Å². The molecule has 0 aliphatic carbocycles. The molecule has 0 spiro atoms. The average Bonchev–Trinajstić information content (AvgIpc) is 2.58. The predicted octanol–water partition coefficient (Wildman–Crippen LogP) is 0.952. The molecule has 0 aromatic carbocycles. The Kier molecular flexibility index (Phi) is 3.69. The van der Waals surface area contributed by atoms with Crippen LogP contribution in [0.2, 0.25) is 0 Å². The maximum Gasteiger partial charge on any atom is 0.317 e. The summed E-state index contributed by atoms with van der Waals surface area (Å²) in [7, 11) is 1.63. The lowest BCUT2D eigenvalue weighted by Crippen LogP contribution is -2.49. The van der Waals surface area contributed by atoms with Gasteiger partial charge in [-0.15, -0.1) is 0 Å². The van der Waals surface area contributed by atoms with E-state index in [4.69, 9.17) is 0 Å². The van der Waals surface area contributed by atoms with Gasteiger partial charge in [0, 0.05) is 25.7 Å². The summed E-state index contributed by atoms with van der Waals surface area (Å²) in [6.07, 6.45) is 0.713. The molecule has 98 valence electrons. The van der Waals surface area contributed by atoms with Gasteiger partial charge in [0.15, 0.2) is 0 Å². The van der Waals surface area contributed by atoms with Gasteiger partial charge in [-0.25, -0.2) is 4.79 Å². The lowest BCUT2D eigenvalue weighted by Gasteiger charge is -2.27. The quantitative estimate of drug-likeness (QED) is 0.718. The highest BCUT2D eigenvalue weighted by Gasteiger charge is 2.41. The zero-order valence-electron chi connectivity index (χ0n) is 11.4. The number of carbonyl (C=O) groups excluding carboxylic acids is 2. The number of hydrogen-bond donors (Lipinski definition) is 2. The van der Waals surface area contributed by atoms with Crippen LogP contribution in [-0.2, 0) is 4.79 Å². The van der Waals surface area contributed by atoms with Gasteiger partial charge in [-0.3, -0.25) is 4.79 Å². The first kappa shape index (κ1) is 13.8. The molecule has 1 heterocycles. The Morgan fingerprint density at radius 1 is 1.29 bits per heavy atom. The van der Waals surface area contributed by atoms with Crippen molar-refractivity contribution in [2.24, 2.45) is 5.41 Å². The van der Waals surface area contributed by atoms with E-state index in [1.807, 2.05) is 27.7 Å². The molecule has 1 rings (SSSR count). The van der Waals surface area contributed by atoms with Crippen molar-refractivity contribution in [3.05, 3.63) is 0 Å². The molecule has 1 atom stereocenters. The van der Waals surface area contributed by atoms with Gasteiger partial charge >= 0.3 is 6.03 Å². The zero-order valence-corrected chi connectivity index (χ0v) is 11.4. The molecule has 0 aromatic rings. The Balaban J connectivity index is 2.62. The molecule has 1 fully saturated rings. The first-order valence-corrected chi connectivity index (χ1v) is 5.97. The van der Waals surface area contributed by atoms with Crippen molar-refractivity contribution < 1.29 is 9.59 Å². The van der Waals surface area contributed by atoms with E-state index in [0.717, 1.165) is 0 Å². The number of hydrogen-bond acceptors (Lipinski definition) is 2. The summed E-state index contributed by atoms with van der Waals surface area (Å²) >= 11 is 0. The highest BCUT2D eigenvalue weighted by molar-refractivity contribution is 5.84. The standard InChI is InChI=1S/C12H23N3O2/c1-11(2,3)14-10(17)15-7-6-12(4,8-15)9(16)13-5/h6-8H2,1-5H3,(H,13,16)(H,14,17). The number of nitrogens with one attached hydrogen (secondary N) is 2. The SMILES string of the molecule is CNC(=O)C1(C)CCN(C(=O)NC(C)(C)C)C1. The van der Waals surface area contributed by atoms with Crippen LogP contribution in [0.25, 0.3) is 0 Å². The molecular weight excluding hydrogens is 218 g/mol. The molecule has 0 radical (unpaired) electrons. The summed E-state index contributed by atoms with van der Waals surface area (Å²) < 4.78 is 0. The summed E-state index contributed by atoms with van der Waals surface area (Å²) in [5, 5.41) is 5.57. The van der Waals surface area contributed by atoms with Crippen LogP contribution in [0.15, 0.2) is 0 Å². The third kappa shape index (κ3) is 3.35. The summed E-state index contributed by atoms with van der Waals surface area (Å²) in [5.41, 5.74) is -0.701. The molecule has 0 aromatic heterocycles. The third-order valence-corrected chi connectivity index (χ3v) is 3.02. The normalized spacial score (nSPS) is 24.6. The van der Waals surface area contributed by atoms with Crippen molar-refractivity contribution in [3.63, 3.8) is 0 Å². The first-order chi connectivity index (χ1) is 7.68. The smallest absolute Gasteiger partial charge is 0.317 e. The van der Waals surface area contributed by atoms with Gasteiger partial charge in [0.05, 0.1) is 5.41 Å². The summed E-state index contributed by atoms with van der Waals surface area (Å²) in [4.78, 5) is 25.4. The largest absolute Gasteiger partial charge is 0.359 e. The number of nitrogens with zero attached hydrogens (tertiary/aromatic N) is 1. The fourth-order valence-corrected chi connectivity index (χ4v) is 2.02. The van der Waals surface area contributed by atoms with E-state index in [2.05, 4.69) is 10.6 Å². The second kappa shape index (κ2) is 4.55. The number of carbonyl (C=O) groups is 2. The lowest BCUT2D eigenvalue weighted by molar-refractivity contribution is -0.128. The van der Waals surface area contributed by atoms with Gasteiger partial charge in [-0.2, -0.15) is 0 Å². The maximum absolute atomic E-state index is 11.9. The zero-order chi connectivity index (χ0) is 13.3. The van der Waals surface area contributed by atoms with E-state index in [-0.39, 0.29) is 17.5 Å². The molecule has 0 saturated carbocycles. The molecule has 3 amide bonds. The molecule has 2 N–H and O–H groups in total. The minimum Gasteiger partial charge on any atom is -0.359 e. The molecule has 1 saturated heterocycles. The second-order valence-corrected chi connectivity index (χ2v) is 5.99. The highest BCUT2D eigenvalue weighted by atomic mass is 16.2. The molecule has 17 heavy (non-hydrogen) atoms. The Labute approximate surface area is 103 Å². The average molecular weight is 241 g/mol. The van der Waals surface area contributed by atoms with Crippen molar-refractivity contribution in [1.82, 2.24) is 15.5 Å².